The molecule has 1 aromatic rings. The molecule has 1 aromatic carbocycles. The number of hydrogen-bond acceptors (Lipinski definition) is 1. The molecule has 1 unspecified atom stereocenters. The van der Waals surface area contributed by atoms with E-state index in [1.54, 1.807) is 12.1 Å². The summed E-state index contributed by atoms with van der Waals surface area (Å²) in [7, 11) is 0. The Morgan fingerprint density at radius 3 is 2.64 bits per heavy atom. The minimum absolute atomic E-state index is 0. The van der Waals surface area contributed by atoms with Crippen molar-refractivity contribution in [2.75, 3.05) is 13.1 Å². The van der Waals surface area contributed by atoms with Gasteiger partial charge in [-0.05, 0) is 19.0 Å². The molecule has 2 rings (SSSR count). The molecule has 1 nitrogen and oxygen atoms in total. The third-order valence-corrected chi connectivity index (χ3v) is 2.79. The Hall–Kier alpha value is -0.310. The summed E-state index contributed by atoms with van der Waals surface area (Å²) in [6.45, 7) is 1.10. The molecule has 1 atom stereocenters. The Balaban J connectivity index is 0.000000980. The van der Waals surface area contributed by atoms with Crippen molar-refractivity contribution in [2.45, 2.75) is 12.1 Å². The van der Waals surface area contributed by atoms with E-state index in [2.05, 4.69) is 5.32 Å². The molecule has 1 saturated heterocycles. The van der Waals surface area contributed by atoms with Gasteiger partial charge >= 0.3 is 0 Å². The van der Waals surface area contributed by atoms with Gasteiger partial charge in [0, 0.05) is 17.1 Å². The zero-order valence-corrected chi connectivity index (χ0v) is 9.17. The second-order valence-corrected chi connectivity index (χ2v) is 3.78. The van der Waals surface area contributed by atoms with Gasteiger partial charge in [0.25, 0.3) is 0 Å². The molecule has 1 heterocycles. The highest BCUT2D eigenvalue weighted by Gasteiger charge is 2.36. The van der Waals surface area contributed by atoms with Gasteiger partial charge in [-0.2, -0.15) is 0 Å². The van der Waals surface area contributed by atoms with E-state index in [1.165, 1.54) is 0 Å². The lowest BCUT2D eigenvalue weighted by atomic mass is 9.95. The van der Waals surface area contributed by atoms with E-state index in [9.17, 15) is 4.39 Å². The lowest BCUT2D eigenvalue weighted by Crippen LogP contribution is -2.23. The van der Waals surface area contributed by atoms with Crippen molar-refractivity contribution in [1.29, 1.82) is 0 Å². The van der Waals surface area contributed by atoms with E-state index < -0.39 is 5.67 Å². The number of hydrogen-bond donors (Lipinski definition) is 1. The van der Waals surface area contributed by atoms with Crippen LogP contribution in [0.4, 0.5) is 4.39 Å². The first kappa shape index (κ1) is 11.8. The Bertz CT molecular complexity index is 311. The van der Waals surface area contributed by atoms with Crippen molar-refractivity contribution in [1.82, 2.24) is 5.32 Å². The third kappa shape index (κ3) is 2.02. The van der Waals surface area contributed by atoms with Crippen LogP contribution in [-0.2, 0) is 5.67 Å². The first-order chi connectivity index (χ1) is 6.22. The molecule has 1 aliphatic rings. The van der Waals surface area contributed by atoms with E-state index in [-0.39, 0.29) is 12.4 Å². The van der Waals surface area contributed by atoms with Gasteiger partial charge in [-0.1, -0.05) is 29.8 Å². The van der Waals surface area contributed by atoms with Crippen LogP contribution in [0.3, 0.4) is 0 Å². The fraction of sp³-hybridized carbons (Fsp3) is 0.400. The molecule has 4 heteroatoms. The molecule has 78 valence electrons. The van der Waals surface area contributed by atoms with Gasteiger partial charge < -0.3 is 5.32 Å². The van der Waals surface area contributed by atoms with Crippen LogP contribution >= 0.6 is 24.0 Å². The molecular weight excluding hydrogens is 224 g/mol. The average Bonchev–Trinajstić information content (AvgIpc) is 2.54. The van der Waals surface area contributed by atoms with Crippen molar-refractivity contribution >= 4 is 24.0 Å². The number of halogens is 3. The zero-order valence-electron chi connectivity index (χ0n) is 7.59. The quantitative estimate of drug-likeness (QED) is 0.790. The van der Waals surface area contributed by atoms with Crippen LogP contribution in [0.1, 0.15) is 12.0 Å². The number of rotatable bonds is 1. The predicted molar refractivity (Wildman–Crippen MR) is 59.0 cm³/mol. The topological polar surface area (TPSA) is 12.0 Å². The van der Waals surface area contributed by atoms with Crippen LogP contribution < -0.4 is 5.32 Å². The molecule has 0 spiro atoms. The molecule has 14 heavy (non-hydrogen) atoms. The van der Waals surface area contributed by atoms with E-state index in [1.807, 2.05) is 12.1 Å². The van der Waals surface area contributed by atoms with Crippen LogP contribution in [-0.4, -0.2) is 13.1 Å². The predicted octanol–water partition coefficient (Wildman–Crippen LogP) is 2.92. The fourth-order valence-corrected chi connectivity index (χ4v) is 2.02. The first-order valence-electron chi connectivity index (χ1n) is 4.37. The van der Waals surface area contributed by atoms with Gasteiger partial charge in [-0.15, -0.1) is 12.4 Å². The lowest BCUT2D eigenvalue weighted by Gasteiger charge is -2.19. The van der Waals surface area contributed by atoms with E-state index in [0.717, 1.165) is 6.54 Å². The summed E-state index contributed by atoms with van der Waals surface area (Å²) in [5.74, 6) is 0. The SMILES string of the molecule is Cl.FC1(c2ccccc2Cl)CCNC1. The van der Waals surface area contributed by atoms with E-state index in [0.29, 0.717) is 23.6 Å². The Morgan fingerprint density at radius 2 is 2.07 bits per heavy atom. The molecule has 0 saturated carbocycles. The van der Waals surface area contributed by atoms with Gasteiger partial charge in [0.1, 0.15) is 0 Å². The molecule has 0 radical (unpaired) electrons. The highest BCUT2D eigenvalue weighted by molar-refractivity contribution is 6.31. The maximum absolute atomic E-state index is 14.2. The van der Waals surface area contributed by atoms with Crippen LogP contribution in [0.2, 0.25) is 5.02 Å². The maximum atomic E-state index is 14.2. The van der Waals surface area contributed by atoms with Crippen molar-refractivity contribution in [3.63, 3.8) is 0 Å². The molecule has 0 amide bonds. The molecule has 0 aromatic heterocycles. The summed E-state index contributed by atoms with van der Waals surface area (Å²) in [5, 5.41) is 3.53. The van der Waals surface area contributed by atoms with E-state index >= 15 is 0 Å². The monoisotopic (exact) mass is 235 g/mol. The Kier molecular flexibility index (Phi) is 3.76. The zero-order chi connectivity index (χ0) is 9.31. The fourth-order valence-electron chi connectivity index (χ4n) is 1.72. The minimum Gasteiger partial charge on any atom is -0.313 e. The second kappa shape index (κ2) is 4.47. The maximum Gasteiger partial charge on any atom is 0.151 e. The number of alkyl halides is 1. The van der Waals surface area contributed by atoms with Gasteiger partial charge in [-0.25, -0.2) is 4.39 Å². The standard InChI is InChI=1S/C10H11ClFN.ClH/c11-9-4-2-1-3-8(9)10(12)5-6-13-7-10;/h1-4,13H,5-7H2;1H. The van der Waals surface area contributed by atoms with Crippen molar-refractivity contribution in [3.8, 4) is 0 Å². The second-order valence-electron chi connectivity index (χ2n) is 3.37. The van der Waals surface area contributed by atoms with Gasteiger partial charge in [0.2, 0.25) is 0 Å². The first-order valence-corrected chi connectivity index (χ1v) is 4.75. The van der Waals surface area contributed by atoms with Gasteiger partial charge in [-0.3, -0.25) is 0 Å². The van der Waals surface area contributed by atoms with Crippen molar-refractivity contribution in [2.24, 2.45) is 0 Å². The van der Waals surface area contributed by atoms with Crippen LogP contribution in [0.25, 0.3) is 0 Å². The molecule has 1 N–H and O–H groups in total. The summed E-state index contributed by atoms with van der Waals surface area (Å²) < 4.78 is 14.2. The summed E-state index contributed by atoms with van der Waals surface area (Å²) in [5.41, 5.74) is -0.653. The highest BCUT2D eigenvalue weighted by atomic mass is 35.5. The van der Waals surface area contributed by atoms with Crippen molar-refractivity contribution < 1.29 is 4.39 Å². The lowest BCUT2D eigenvalue weighted by molar-refractivity contribution is 0.193. The summed E-state index contributed by atoms with van der Waals surface area (Å²) in [6, 6.07) is 7.13. The largest absolute Gasteiger partial charge is 0.313 e. The normalized spacial score (nSPS) is 25.9. The molecular formula is C10H12Cl2FN. The number of benzene rings is 1. The summed E-state index contributed by atoms with van der Waals surface area (Å²) in [4.78, 5) is 0. The molecule has 0 bridgehead atoms. The molecule has 1 fully saturated rings. The average molecular weight is 236 g/mol. The van der Waals surface area contributed by atoms with Gasteiger partial charge in [0.15, 0.2) is 5.67 Å². The smallest absolute Gasteiger partial charge is 0.151 e. The van der Waals surface area contributed by atoms with Gasteiger partial charge in [0.05, 0.1) is 0 Å². The molecule has 1 aliphatic heterocycles. The van der Waals surface area contributed by atoms with Crippen LogP contribution in [0.5, 0.6) is 0 Å². The van der Waals surface area contributed by atoms with E-state index in [4.69, 9.17) is 11.6 Å². The molecule has 0 aliphatic carbocycles. The van der Waals surface area contributed by atoms with Crippen molar-refractivity contribution in [3.05, 3.63) is 34.9 Å². The highest BCUT2D eigenvalue weighted by Crippen LogP contribution is 2.36. The Morgan fingerprint density at radius 1 is 1.36 bits per heavy atom. The third-order valence-electron chi connectivity index (χ3n) is 2.46. The van der Waals surface area contributed by atoms with Crippen LogP contribution in [0, 0.1) is 0 Å². The Labute approximate surface area is 94.1 Å². The summed E-state index contributed by atoms with van der Waals surface area (Å²) in [6.07, 6.45) is 0.511. The number of nitrogens with one attached hydrogen (secondary N) is 1. The van der Waals surface area contributed by atoms with Crippen LogP contribution in [0.15, 0.2) is 24.3 Å². The summed E-state index contributed by atoms with van der Waals surface area (Å²) >= 11 is 5.93. The minimum atomic E-state index is -1.27.